The number of piperidine rings is 1. The normalized spacial score (nSPS) is 20.9. The molecule has 0 aromatic carbocycles. The molecule has 170 valence electrons. The number of carbonyl (C=O) groups excluding carboxylic acids is 1. The SMILES string of the molecule is CCc1nc(-c2cc(S(=O)(=O)N3CCC(C(=O)NC[C@@H]4CCCO4)CC3)c(C)s2)no1. The molecule has 1 atom stereocenters. The van der Waals surface area contributed by atoms with Gasteiger partial charge in [-0.05, 0) is 38.7 Å². The highest BCUT2D eigenvalue weighted by atomic mass is 32.2. The molecule has 2 aliphatic heterocycles. The number of thiophene rings is 1. The summed E-state index contributed by atoms with van der Waals surface area (Å²) in [7, 11) is -3.65. The second-order valence-electron chi connectivity index (χ2n) is 7.95. The Hall–Kier alpha value is -1.82. The minimum Gasteiger partial charge on any atom is -0.376 e. The summed E-state index contributed by atoms with van der Waals surface area (Å²) in [6.45, 7) is 5.64. The number of aromatic nitrogens is 2. The third kappa shape index (κ3) is 4.84. The van der Waals surface area contributed by atoms with Gasteiger partial charge in [0.15, 0.2) is 0 Å². The fraction of sp³-hybridized carbons (Fsp3) is 0.650. The molecule has 0 saturated carbocycles. The van der Waals surface area contributed by atoms with Crippen molar-refractivity contribution in [3.8, 4) is 10.7 Å². The van der Waals surface area contributed by atoms with Crippen molar-refractivity contribution >= 4 is 27.3 Å². The second kappa shape index (κ2) is 9.35. The fourth-order valence-corrected chi connectivity index (χ4v) is 6.95. The number of nitrogens with one attached hydrogen (secondary N) is 1. The molecule has 2 aliphatic rings. The zero-order valence-corrected chi connectivity index (χ0v) is 19.4. The van der Waals surface area contributed by atoms with Crippen molar-refractivity contribution in [2.75, 3.05) is 26.2 Å². The predicted molar refractivity (Wildman–Crippen MR) is 115 cm³/mol. The summed E-state index contributed by atoms with van der Waals surface area (Å²) in [4.78, 5) is 18.4. The number of amides is 1. The van der Waals surface area contributed by atoms with E-state index in [1.807, 2.05) is 6.92 Å². The Morgan fingerprint density at radius 2 is 2.10 bits per heavy atom. The Bertz CT molecular complexity index is 1020. The lowest BCUT2D eigenvalue weighted by molar-refractivity contribution is -0.126. The van der Waals surface area contributed by atoms with E-state index in [1.165, 1.54) is 15.6 Å². The third-order valence-electron chi connectivity index (χ3n) is 5.83. The monoisotopic (exact) mass is 468 g/mol. The lowest BCUT2D eigenvalue weighted by Gasteiger charge is -2.30. The number of nitrogens with zero attached hydrogens (tertiary/aromatic N) is 3. The quantitative estimate of drug-likeness (QED) is 0.663. The smallest absolute Gasteiger partial charge is 0.244 e. The Morgan fingerprint density at radius 1 is 1.32 bits per heavy atom. The topological polar surface area (TPSA) is 115 Å². The van der Waals surface area contributed by atoms with Crippen LogP contribution in [0, 0.1) is 12.8 Å². The lowest BCUT2D eigenvalue weighted by Crippen LogP contribution is -2.44. The van der Waals surface area contributed by atoms with Gasteiger partial charge >= 0.3 is 0 Å². The molecule has 9 nitrogen and oxygen atoms in total. The predicted octanol–water partition coefficient (Wildman–Crippen LogP) is 2.36. The summed E-state index contributed by atoms with van der Waals surface area (Å²) in [5.74, 6) is 0.752. The molecule has 4 heterocycles. The van der Waals surface area contributed by atoms with Crippen molar-refractivity contribution in [1.29, 1.82) is 0 Å². The average molecular weight is 469 g/mol. The molecule has 0 aliphatic carbocycles. The Morgan fingerprint density at radius 3 is 2.74 bits per heavy atom. The van der Waals surface area contributed by atoms with Crippen molar-refractivity contribution in [3.63, 3.8) is 0 Å². The summed E-state index contributed by atoms with van der Waals surface area (Å²) in [6, 6.07) is 1.63. The molecule has 1 amide bonds. The van der Waals surface area contributed by atoms with Crippen molar-refractivity contribution in [2.24, 2.45) is 5.92 Å². The highest BCUT2D eigenvalue weighted by molar-refractivity contribution is 7.89. The van der Waals surface area contributed by atoms with Gasteiger partial charge in [-0.1, -0.05) is 12.1 Å². The van der Waals surface area contributed by atoms with Crippen LogP contribution in [0.15, 0.2) is 15.5 Å². The summed E-state index contributed by atoms with van der Waals surface area (Å²) in [6.07, 6.45) is 3.76. The molecule has 11 heteroatoms. The summed E-state index contributed by atoms with van der Waals surface area (Å²) < 4.78 is 38.6. The Labute approximate surface area is 186 Å². The van der Waals surface area contributed by atoms with Crippen LogP contribution in [0.3, 0.4) is 0 Å². The van der Waals surface area contributed by atoms with Crippen molar-refractivity contribution < 1.29 is 22.5 Å². The molecule has 31 heavy (non-hydrogen) atoms. The maximum Gasteiger partial charge on any atom is 0.244 e. The zero-order chi connectivity index (χ0) is 22.0. The maximum atomic E-state index is 13.2. The number of hydrogen-bond acceptors (Lipinski definition) is 8. The van der Waals surface area contributed by atoms with Crippen LogP contribution in [0.5, 0.6) is 0 Å². The minimum absolute atomic E-state index is 0.00890. The summed E-state index contributed by atoms with van der Waals surface area (Å²) in [5.41, 5.74) is 0. The van der Waals surface area contributed by atoms with Gasteiger partial charge in [0.2, 0.25) is 27.6 Å². The number of rotatable bonds is 7. The standard InChI is InChI=1S/C20H28N4O5S2/c1-3-18-22-19(23-29-18)16-11-17(13(2)30-16)31(26,27)24-8-6-14(7-9-24)20(25)21-12-15-5-4-10-28-15/h11,14-15H,3-10,12H2,1-2H3,(H,21,25)/t15-/m0/s1. The molecular weight excluding hydrogens is 440 g/mol. The van der Waals surface area contributed by atoms with Crippen LogP contribution in [-0.2, 0) is 26.0 Å². The first-order valence-electron chi connectivity index (χ1n) is 10.7. The van der Waals surface area contributed by atoms with Crippen LogP contribution in [0.2, 0.25) is 0 Å². The van der Waals surface area contributed by atoms with Gasteiger partial charge in [-0.25, -0.2) is 8.42 Å². The second-order valence-corrected chi connectivity index (χ2v) is 11.1. The summed E-state index contributed by atoms with van der Waals surface area (Å²) >= 11 is 1.34. The van der Waals surface area contributed by atoms with Crippen LogP contribution in [0.4, 0.5) is 0 Å². The van der Waals surface area contributed by atoms with Crippen molar-refractivity contribution in [2.45, 2.75) is 57.0 Å². The van der Waals surface area contributed by atoms with E-state index in [1.54, 1.807) is 13.0 Å². The molecule has 2 aromatic rings. The van der Waals surface area contributed by atoms with Crippen LogP contribution >= 0.6 is 11.3 Å². The van der Waals surface area contributed by atoms with Gasteiger partial charge in [0.1, 0.15) is 0 Å². The van der Waals surface area contributed by atoms with E-state index >= 15 is 0 Å². The largest absolute Gasteiger partial charge is 0.376 e. The lowest BCUT2D eigenvalue weighted by atomic mass is 9.97. The number of ether oxygens (including phenoxy) is 1. The minimum atomic E-state index is -3.65. The van der Waals surface area contributed by atoms with E-state index in [-0.39, 0.29) is 22.8 Å². The van der Waals surface area contributed by atoms with Crippen LogP contribution < -0.4 is 5.32 Å². The average Bonchev–Trinajstić information content (AvgIpc) is 3.52. The Balaban J connectivity index is 1.38. The van der Waals surface area contributed by atoms with E-state index in [0.29, 0.717) is 60.4 Å². The first-order valence-corrected chi connectivity index (χ1v) is 13.0. The van der Waals surface area contributed by atoms with E-state index < -0.39 is 10.0 Å². The molecule has 2 fully saturated rings. The molecule has 2 aromatic heterocycles. The zero-order valence-electron chi connectivity index (χ0n) is 17.8. The van der Waals surface area contributed by atoms with Gasteiger partial charge < -0.3 is 14.6 Å². The van der Waals surface area contributed by atoms with Gasteiger partial charge in [0.25, 0.3) is 0 Å². The van der Waals surface area contributed by atoms with Gasteiger partial charge in [0.05, 0.1) is 15.9 Å². The summed E-state index contributed by atoms with van der Waals surface area (Å²) in [5, 5.41) is 6.91. The number of carbonyl (C=O) groups is 1. The molecular formula is C20H28N4O5S2. The van der Waals surface area contributed by atoms with Gasteiger partial charge in [0, 0.05) is 43.5 Å². The Kier molecular flexibility index (Phi) is 6.75. The van der Waals surface area contributed by atoms with E-state index in [0.717, 1.165) is 19.4 Å². The van der Waals surface area contributed by atoms with Gasteiger partial charge in [-0.2, -0.15) is 9.29 Å². The number of aryl methyl sites for hydroxylation is 2. The van der Waals surface area contributed by atoms with Crippen LogP contribution in [0.25, 0.3) is 10.7 Å². The van der Waals surface area contributed by atoms with Crippen LogP contribution in [0.1, 0.15) is 43.4 Å². The molecule has 4 rings (SSSR count). The molecule has 0 radical (unpaired) electrons. The molecule has 0 bridgehead atoms. The highest BCUT2D eigenvalue weighted by Crippen LogP contribution is 2.35. The third-order valence-corrected chi connectivity index (χ3v) is 9.03. The van der Waals surface area contributed by atoms with Crippen LogP contribution in [-0.4, -0.2) is 61.1 Å². The number of sulfonamides is 1. The first kappa shape index (κ1) is 22.4. The maximum absolute atomic E-state index is 13.2. The van der Waals surface area contributed by atoms with Crippen molar-refractivity contribution in [1.82, 2.24) is 19.8 Å². The van der Waals surface area contributed by atoms with Crippen molar-refractivity contribution in [3.05, 3.63) is 16.8 Å². The van der Waals surface area contributed by atoms with E-state index in [4.69, 9.17) is 9.26 Å². The van der Waals surface area contributed by atoms with Gasteiger partial charge in [-0.3, -0.25) is 4.79 Å². The highest BCUT2D eigenvalue weighted by Gasteiger charge is 2.34. The molecule has 0 unspecified atom stereocenters. The van der Waals surface area contributed by atoms with Gasteiger partial charge in [-0.15, -0.1) is 11.3 Å². The molecule has 1 N–H and O–H groups in total. The van der Waals surface area contributed by atoms with E-state index in [2.05, 4.69) is 15.5 Å². The molecule has 0 spiro atoms. The van der Waals surface area contributed by atoms with E-state index in [9.17, 15) is 13.2 Å². The number of hydrogen-bond donors (Lipinski definition) is 1. The molecule has 2 saturated heterocycles. The first-order chi connectivity index (χ1) is 14.9. The fourth-order valence-electron chi connectivity index (χ4n) is 3.99.